The van der Waals surface area contributed by atoms with E-state index in [2.05, 4.69) is 5.32 Å². The first-order chi connectivity index (χ1) is 9.25. The van der Waals surface area contributed by atoms with Crippen LogP contribution >= 0.6 is 0 Å². The van der Waals surface area contributed by atoms with Crippen LogP contribution in [0.15, 0.2) is 12.2 Å². The van der Waals surface area contributed by atoms with Crippen LogP contribution < -0.4 is 5.32 Å². The van der Waals surface area contributed by atoms with E-state index >= 15 is 0 Å². The molecular formula is C15H23NO4. The van der Waals surface area contributed by atoms with Gasteiger partial charge < -0.3 is 15.5 Å². The Morgan fingerprint density at radius 1 is 1.50 bits per heavy atom. The molecule has 0 bridgehead atoms. The summed E-state index contributed by atoms with van der Waals surface area (Å²) in [5.41, 5.74) is -2.49. The number of carbonyl (C=O) groups excluding carboxylic acids is 1. The molecule has 2 rings (SSSR count). The van der Waals surface area contributed by atoms with Gasteiger partial charge in [0.1, 0.15) is 0 Å². The fraction of sp³-hybridized carbons (Fsp3) is 0.733. The van der Waals surface area contributed by atoms with Crippen LogP contribution in [0, 0.1) is 17.3 Å². The number of hydrogen-bond acceptors (Lipinski definition) is 3. The molecule has 1 aliphatic carbocycles. The third kappa shape index (κ3) is 1.87. The number of hydrogen-bond donors (Lipinski definition) is 3. The highest BCUT2D eigenvalue weighted by molar-refractivity contribution is 5.94. The lowest BCUT2D eigenvalue weighted by Gasteiger charge is -2.44. The SMILES string of the molecule is C[C@H]1C(=O)N[C@](C(=O)O)([C@@H](O)[C@@H]2C=CCCC2)C1(C)C. The van der Waals surface area contributed by atoms with Gasteiger partial charge in [0, 0.05) is 17.3 Å². The summed E-state index contributed by atoms with van der Waals surface area (Å²) in [6.45, 7) is 5.18. The third-order valence-electron chi connectivity index (χ3n) is 5.29. The minimum Gasteiger partial charge on any atom is -0.479 e. The predicted molar refractivity (Wildman–Crippen MR) is 73.9 cm³/mol. The maximum Gasteiger partial charge on any atom is 0.332 e. The van der Waals surface area contributed by atoms with E-state index in [4.69, 9.17) is 0 Å². The van der Waals surface area contributed by atoms with Crippen LogP contribution in [0.5, 0.6) is 0 Å². The summed E-state index contributed by atoms with van der Waals surface area (Å²) in [7, 11) is 0. The van der Waals surface area contributed by atoms with Gasteiger partial charge in [-0.2, -0.15) is 0 Å². The molecule has 0 radical (unpaired) electrons. The van der Waals surface area contributed by atoms with Gasteiger partial charge in [0.05, 0.1) is 6.10 Å². The Kier molecular flexibility index (Phi) is 3.67. The number of carboxylic acids is 1. The maximum absolute atomic E-state index is 12.0. The van der Waals surface area contributed by atoms with Crippen molar-refractivity contribution in [3.8, 4) is 0 Å². The molecule has 1 aliphatic heterocycles. The summed E-state index contributed by atoms with van der Waals surface area (Å²) in [5.74, 6) is -2.16. The fourth-order valence-electron chi connectivity index (χ4n) is 3.47. The van der Waals surface area contributed by atoms with Crippen LogP contribution in [0.1, 0.15) is 40.0 Å². The molecule has 0 aromatic heterocycles. The van der Waals surface area contributed by atoms with Crippen molar-refractivity contribution in [1.29, 1.82) is 0 Å². The maximum atomic E-state index is 12.0. The quantitative estimate of drug-likeness (QED) is 0.681. The number of aliphatic hydroxyl groups is 1. The van der Waals surface area contributed by atoms with Crippen LogP contribution in [-0.4, -0.2) is 33.7 Å². The van der Waals surface area contributed by atoms with Gasteiger partial charge in [0.25, 0.3) is 0 Å². The molecule has 5 nitrogen and oxygen atoms in total. The van der Waals surface area contributed by atoms with E-state index in [0.717, 1.165) is 19.3 Å². The number of rotatable bonds is 3. The zero-order valence-corrected chi connectivity index (χ0v) is 12.2. The molecule has 2 aliphatic rings. The lowest BCUT2D eigenvalue weighted by Crippen LogP contribution is -2.66. The van der Waals surface area contributed by atoms with Crippen molar-refractivity contribution >= 4 is 11.9 Å². The molecule has 112 valence electrons. The zero-order chi connectivity index (χ0) is 15.1. The first-order valence-corrected chi connectivity index (χ1v) is 7.15. The Hall–Kier alpha value is -1.36. The van der Waals surface area contributed by atoms with E-state index in [0.29, 0.717) is 0 Å². The molecule has 3 N–H and O–H groups in total. The van der Waals surface area contributed by atoms with Crippen LogP contribution in [0.4, 0.5) is 0 Å². The van der Waals surface area contributed by atoms with Crippen molar-refractivity contribution in [2.75, 3.05) is 0 Å². The molecule has 0 aromatic rings. The van der Waals surface area contributed by atoms with Gasteiger partial charge in [-0.05, 0) is 19.3 Å². The second-order valence-electron chi connectivity index (χ2n) is 6.51. The number of carbonyl (C=O) groups is 2. The Morgan fingerprint density at radius 3 is 2.55 bits per heavy atom. The zero-order valence-electron chi connectivity index (χ0n) is 12.2. The smallest absolute Gasteiger partial charge is 0.332 e. The van der Waals surface area contributed by atoms with Gasteiger partial charge >= 0.3 is 5.97 Å². The van der Waals surface area contributed by atoms with Gasteiger partial charge in [-0.25, -0.2) is 4.79 Å². The van der Waals surface area contributed by atoms with Crippen molar-refractivity contribution in [2.45, 2.75) is 51.7 Å². The molecule has 0 spiro atoms. The molecule has 1 amide bonds. The number of aliphatic hydroxyl groups excluding tert-OH is 1. The Balaban J connectivity index is 2.45. The van der Waals surface area contributed by atoms with Crippen LogP contribution in [0.3, 0.4) is 0 Å². The average Bonchev–Trinajstić information content (AvgIpc) is 2.60. The molecule has 5 heteroatoms. The van der Waals surface area contributed by atoms with Gasteiger partial charge in [-0.15, -0.1) is 0 Å². The van der Waals surface area contributed by atoms with E-state index in [1.165, 1.54) is 0 Å². The van der Waals surface area contributed by atoms with Crippen LogP contribution in [0.2, 0.25) is 0 Å². The summed E-state index contributed by atoms with van der Waals surface area (Å²) in [5, 5.41) is 23.0. The highest BCUT2D eigenvalue weighted by Crippen LogP contribution is 2.48. The van der Waals surface area contributed by atoms with Crippen molar-refractivity contribution < 1.29 is 19.8 Å². The lowest BCUT2D eigenvalue weighted by molar-refractivity contribution is -0.159. The highest BCUT2D eigenvalue weighted by Gasteiger charge is 2.66. The molecular weight excluding hydrogens is 258 g/mol. The van der Waals surface area contributed by atoms with E-state index in [-0.39, 0.29) is 11.8 Å². The fourth-order valence-corrected chi connectivity index (χ4v) is 3.47. The third-order valence-corrected chi connectivity index (χ3v) is 5.29. The van der Waals surface area contributed by atoms with E-state index in [1.54, 1.807) is 20.8 Å². The monoisotopic (exact) mass is 281 g/mol. The average molecular weight is 281 g/mol. The van der Waals surface area contributed by atoms with E-state index < -0.39 is 28.9 Å². The Bertz CT molecular complexity index is 457. The Labute approximate surface area is 119 Å². The summed E-state index contributed by atoms with van der Waals surface area (Å²) >= 11 is 0. The topological polar surface area (TPSA) is 86.6 Å². The molecule has 4 atom stereocenters. The van der Waals surface area contributed by atoms with Crippen LogP contribution in [0.25, 0.3) is 0 Å². The van der Waals surface area contributed by atoms with Gasteiger partial charge in [0.2, 0.25) is 5.91 Å². The standard InChI is InChI=1S/C15H23NO4/c1-9-12(18)16-15(13(19)20,14(9,2)3)11(17)10-7-5-4-6-8-10/h5,7,9-11,17H,4,6,8H2,1-3H3,(H,16,18)(H,19,20)/t9-,10+,11-,15-/m0/s1. The first kappa shape index (κ1) is 15.0. The predicted octanol–water partition coefficient (Wildman–Crippen LogP) is 1.32. The van der Waals surface area contributed by atoms with Crippen molar-refractivity contribution in [3.05, 3.63) is 12.2 Å². The van der Waals surface area contributed by atoms with Crippen LogP contribution in [-0.2, 0) is 9.59 Å². The Morgan fingerprint density at radius 2 is 2.15 bits per heavy atom. The largest absolute Gasteiger partial charge is 0.479 e. The number of carboxylic acid groups (broad SMARTS) is 1. The number of nitrogens with one attached hydrogen (secondary N) is 1. The number of amides is 1. The summed E-state index contributed by atoms with van der Waals surface area (Å²) in [6.07, 6.45) is 5.35. The van der Waals surface area contributed by atoms with Gasteiger partial charge in [-0.3, -0.25) is 4.79 Å². The van der Waals surface area contributed by atoms with E-state index in [1.807, 2.05) is 12.2 Å². The molecule has 0 unspecified atom stereocenters. The minimum absolute atomic E-state index is 0.232. The van der Waals surface area contributed by atoms with Gasteiger partial charge in [0.15, 0.2) is 5.54 Å². The second kappa shape index (κ2) is 4.88. The van der Waals surface area contributed by atoms with Crippen molar-refractivity contribution in [1.82, 2.24) is 5.32 Å². The van der Waals surface area contributed by atoms with Crippen molar-refractivity contribution in [3.63, 3.8) is 0 Å². The second-order valence-corrected chi connectivity index (χ2v) is 6.51. The summed E-state index contributed by atoms with van der Waals surface area (Å²) in [6, 6.07) is 0. The van der Waals surface area contributed by atoms with Gasteiger partial charge in [-0.1, -0.05) is 32.9 Å². The van der Waals surface area contributed by atoms with Crippen molar-refractivity contribution in [2.24, 2.45) is 17.3 Å². The first-order valence-electron chi connectivity index (χ1n) is 7.15. The lowest BCUT2D eigenvalue weighted by atomic mass is 9.63. The molecule has 0 aromatic carbocycles. The number of aliphatic carboxylic acids is 1. The highest BCUT2D eigenvalue weighted by atomic mass is 16.4. The molecule has 20 heavy (non-hydrogen) atoms. The molecule has 1 heterocycles. The molecule has 0 saturated carbocycles. The number of allylic oxidation sites excluding steroid dienone is 1. The normalized spacial score (nSPS) is 37.5. The summed E-state index contributed by atoms with van der Waals surface area (Å²) in [4.78, 5) is 23.9. The minimum atomic E-state index is -1.63. The summed E-state index contributed by atoms with van der Waals surface area (Å²) < 4.78 is 0. The molecule has 1 fully saturated rings. The molecule has 1 saturated heterocycles. The van der Waals surface area contributed by atoms with E-state index in [9.17, 15) is 19.8 Å².